The lowest BCUT2D eigenvalue weighted by atomic mass is 9.76. The number of fused-ring (bicyclic) bond motifs is 3. The number of nitrogens with zero attached hydrogens (tertiary/aromatic N) is 2. The molecular weight excluding hydrogens is 288 g/mol. The van der Waals surface area contributed by atoms with Gasteiger partial charge in [0.2, 0.25) is 11.8 Å². The molecule has 0 aliphatic carbocycles. The first-order chi connectivity index (χ1) is 10.9. The quantitative estimate of drug-likeness (QED) is 0.749. The van der Waals surface area contributed by atoms with Gasteiger partial charge in [-0.25, -0.2) is 4.90 Å². The molecule has 0 spiro atoms. The summed E-state index contributed by atoms with van der Waals surface area (Å²) in [6, 6.07) is 9.79. The second-order valence-electron chi connectivity index (χ2n) is 8.16. The maximum absolute atomic E-state index is 13.2. The van der Waals surface area contributed by atoms with E-state index in [0.717, 1.165) is 19.4 Å². The third kappa shape index (κ3) is 2.01. The molecule has 0 radical (unpaired) electrons. The predicted octanol–water partition coefficient (Wildman–Crippen LogP) is 2.68. The maximum Gasteiger partial charge on any atom is 0.239 e. The fraction of sp³-hybridized carbons (Fsp3) is 0.579. The van der Waals surface area contributed by atoms with Crippen molar-refractivity contribution in [3.8, 4) is 0 Å². The molecule has 122 valence electrons. The van der Waals surface area contributed by atoms with E-state index in [-0.39, 0.29) is 41.1 Å². The minimum Gasteiger partial charge on any atom is -0.295 e. The summed E-state index contributed by atoms with van der Waals surface area (Å²) in [5, 5.41) is 0. The van der Waals surface area contributed by atoms with Crippen molar-refractivity contribution in [2.75, 3.05) is 11.4 Å². The first-order valence-corrected chi connectivity index (χ1v) is 8.60. The van der Waals surface area contributed by atoms with E-state index in [1.807, 2.05) is 30.3 Å². The van der Waals surface area contributed by atoms with Gasteiger partial charge in [-0.3, -0.25) is 14.5 Å². The third-order valence-electron chi connectivity index (χ3n) is 5.75. The zero-order valence-electron chi connectivity index (χ0n) is 14.0. The smallest absolute Gasteiger partial charge is 0.239 e. The number of hydrogen-bond acceptors (Lipinski definition) is 3. The molecule has 3 fully saturated rings. The normalized spacial score (nSPS) is 34.1. The molecule has 2 amide bonds. The molecule has 4 nitrogen and oxygen atoms in total. The van der Waals surface area contributed by atoms with E-state index < -0.39 is 0 Å². The van der Waals surface area contributed by atoms with Crippen LogP contribution >= 0.6 is 0 Å². The average molecular weight is 312 g/mol. The first-order valence-electron chi connectivity index (χ1n) is 8.60. The molecule has 23 heavy (non-hydrogen) atoms. The molecule has 4 rings (SSSR count). The van der Waals surface area contributed by atoms with Gasteiger partial charge in [0.15, 0.2) is 0 Å². The number of carbonyl (C=O) groups excluding carboxylic acids is 2. The fourth-order valence-electron chi connectivity index (χ4n) is 5.07. The van der Waals surface area contributed by atoms with Crippen LogP contribution in [0.2, 0.25) is 0 Å². The number of benzene rings is 1. The Balaban J connectivity index is 1.77. The van der Waals surface area contributed by atoms with E-state index in [9.17, 15) is 9.59 Å². The molecule has 4 atom stereocenters. The Bertz CT molecular complexity index is 649. The summed E-state index contributed by atoms with van der Waals surface area (Å²) in [6.07, 6.45) is 2.17. The Morgan fingerprint density at radius 1 is 1.00 bits per heavy atom. The van der Waals surface area contributed by atoms with Crippen LogP contribution in [0, 0.1) is 17.3 Å². The lowest BCUT2D eigenvalue weighted by molar-refractivity contribution is -0.124. The number of rotatable bonds is 1. The van der Waals surface area contributed by atoms with Crippen LogP contribution in [0.15, 0.2) is 30.3 Å². The highest BCUT2D eigenvalue weighted by atomic mass is 16.2. The molecule has 0 saturated carbocycles. The van der Waals surface area contributed by atoms with Gasteiger partial charge >= 0.3 is 0 Å². The third-order valence-corrected chi connectivity index (χ3v) is 5.75. The number of amides is 2. The van der Waals surface area contributed by atoms with Gasteiger partial charge in [-0.05, 0) is 36.9 Å². The van der Waals surface area contributed by atoms with Crippen molar-refractivity contribution >= 4 is 17.5 Å². The van der Waals surface area contributed by atoms with Crippen LogP contribution in [0.1, 0.15) is 33.6 Å². The van der Waals surface area contributed by atoms with Crippen molar-refractivity contribution in [1.82, 2.24) is 4.90 Å². The molecule has 3 heterocycles. The summed E-state index contributed by atoms with van der Waals surface area (Å²) >= 11 is 0. The number of imide groups is 1. The summed E-state index contributed by atoms with van der Waals surface area (Å²) in [7, 11) is 0. The Labute approximate surface area is 137 Å². The molecule has 0 N–H and O–H groups in total. The Morgan fingerprint density at radius 3 is 2.30 bits per heavy atom. The van der Waals surface area contributed by atoms with Crippen molar-refractivity contribution < 1.29 is 9.59 Å². The fourth-order valence-corrected chi connectivity index (χ4v) is 5.07. The summed E-state index contributed by atoms with van der Waals surface area (Å²) in [5.41, 5.74) is 0.707. The SMILES string of the molecule is CC(C)(C)C1C2C(=O)N(c3ccccc3)C(=O)C2C2CCCN21. The van der Waals surface area contributed by atoms with Crippen LogP contribution in [0.25, 0.3) is 0 Å². The van der Waals surface area contributed by atoms with E-state index >= 15 is 0 Å². The minimum absolute atomic E-state index is 0.000486. The Morgan fingerprint density at radius 2 is 1.65 bits per heavy atom. The van der Waals surface area contributed by atoms with Crippen molar-refractivity contribution in [3.63, 3.8) is 0 Å². The van der Waals surface area contributed by atoms with E-state index in [4.69, 9.17) is 0 Å². The average Bonchev–Trinajstić information content (AvgIpc) is 3.11. The molecule has 4 unspecified atom stereocenters. The van der Waals surface area contributed by atoms with Crippen molar-refractivity contribution in [2.45, 2.75) is 45.7 Å². The van der Waals surface area contributed by atoms with Crippen LogP contribution in [0.5, 0.6) is 0 Å². The molecule has 1 aromatic rings. The van der Waals surface area contributed by atoms with Crippen molar-refractivity contribution in [1.29, 1.82) is 0 Å². The highest BCUT2D eigenvalue weighted by Gasteiger charge is 2.64. The molecular formula is C19H24N2O2. The van der Waals surface area contributed by atoms with Gasteiger partial charge in [-0.2, -0.15) is 0 Å². The number of hydrogen-bond donors (Lipinski definition) is 0. The highest BCUT2D eigenvalue weighted by Crippen LogP contribution is 2.52. The van der Waals surface area contributed by atoms with Crippen LogP contribution in [0.4, 0.5) is 5.69 Å². The number of para-hydroxylation sites is 1. The Hall–Kier alpha value is -1.68. The van der Waals surface area contributed by atoms with Gasteiger partial charge in [0.05, 0.1) is 17.5 Å². The topological polar surface area (TPSA) is 40.6 Å². The standard InChI is InChI=1S/C19H24N2O2/c1-19(2,3)16-15-14(13-10-7-11-20(13)16)17(22)21(18(15)23)12-8-5-4-6-9-12/h4-6,8-9,13-16H,7,10-11H2,1-3H3. The predicted molar refractivity (Wildman–Crippen MR) is 88.9 cm³/mol. The molecule has 1 aromatic carbocycles. The van der Waals surface area contributed by atoms with Gasteiger partial charge < -0.3 is 0 Å². The monoisotopic (exact) mass is 312 g/mol. The van der Waals surface area contributed by atoms with Gasteiger partial charge in [0.1, 0.15) is 0 Å². The van der Waals surface area contributed by atoms with Gasteiger partial charge in [0.25, 0.3) is 0 Å². The number of anilines is 1. The van der Waals surface area contributed by atoms with Gasteiger partial charge in [-0.1, -0.05) is 39.0 Å². The lowest BCUT2D eigenvalue weighted by Crippen LogP contribution is -2.47. The van der Waals surface area contributed by atoms with E-state index in [1.165, 1.54) is 4.90 Å². The van der Waals surface area contributed by atoms with E-state index in [1.54, 1.807) is 0 Å². The second kappa shape index (κ2) is 4.91. The molecule has 0 aromatic heterocycles. The first kappa shape index (κ1) is 14.9. The van der Waals surface area contributed by atoms with Crippen LogP contribution in [-0.4, -0.2) is 35.3 Å². The molecule has 0 bridgehead atoms. The van der Waals surface area contributed by atoms with E-state index in [0.29, 0.717) is 5.69 Å². The van der Waals surface area contributed by atoms with Crippen LogP contribution in [0.3, 0.4) is 0 Å². The van der Waals surface area contributed by atoms with Gasteiger partial charge in [0, 0.05) is 12.1 Å². The number of carbonyl (C=O) groups is 2. The van der Waals surface area contributed by atoms with Crippen LogP contribution < -0.4 is 4.90 Å². The molecule has 3 aliphatic heterocycles. The van der Waals surface area contributed by atoms with Gasteiger partial charge in [-0.15, -0.1) is 0 Å². The highest BCUT2D eigenvalue weighted by molar-refractivity contribution is 6.22. The minimum atomic E-state index is -0.187. The van der Waals surface area contributed by atoms with Crippen LogP contribution in [-0.2, 0) is 9.59 Å². The van der Waals surface area contributed by atoms with E-state index in [2.05, 4.69) is 25.7 Å². The van der Waals surface area contributed by atoms with Crippen molar-refractivity contribution in [3.05, 3.63) is 30.3 Å². The molecule has 3 aliphatic rings. The zero-order valence-corrected chi connectivity index (χ0v) is 14.0. The molecule has 3 saturated heterocycles. The summed E-state index contributed by atoms with van der Waals surface area (Å²) in [6.45, 7) is 7.60. The van der Waals surface area contributed by atoms with Crippen molar-refractivity contribution in [2.24, 2.45) is 17.3 Å². The molecule has 4 heteroatoms. The second-order valence-corrected chi connectivity index (χ2v) is 8.16. The zero-order chi connectivity index (χ0) is 16.4. The summed E-state index contributed by atoms with van der Waals surface area (Å²) in [4.78, 5) is 30.2. The summed E-state index contributed by atoms with van der Waals surface area (Å²) < 4.78 is 0. The Kier molecular flexibility index (Phi) is 3.17. The lowest BCUT2D eigenvalue weighted by Gasteiger charge is -2.37. The maximum atomic E-state index is 13.2. The summed E-state index contributed by atoms with van der Waals surface area (Å²) in [5.74, 6) is -0.335. The largest absolute Gasteiger partial charge is 0.295 e.